The molecule has 1 aliphatic heterocycles. The van der Waals surface area contributed by atoms with E-state index in [0.29, 0.717) is 5.92 Å². The fraction of sp³-hybridized carbons (Fsp3) is 0.500. The molecule has 1 N–H and O–H groups in total. The number of rotatable bonds is 3. The summed E-state index contributed by atoms with van der Waals surface area (Å²) in [5.74, 6) is 1.39. The Morgan fingerprint density at radius 3 is 3.07 bits per heavy atom. The van der Waals surface area contributed by atoms with Gasteiger partial charge in [0.1, 0.15) is 0 Å². The van der Waals surface area contributed by atoms with Gasteiger partial charge >= 0.3 is 0 Å². The second-order valence-corrected chi connectivity index (χ2v) is 5.68. The van der Waals surface area contributed by atoms with E-state index in [2.05, 4.69) is 5.32 Å². The van der Waals surface area contributed by atoms with Gasteiger partial charge in [-0.25, -0.2) is 0 Å². The highest BCUT2D eigenvalue weighted by Crippen LogP contribution is 2.15. The molecule has 2 rings (SSSR count). The molecule has 1 saturated heterocycles. The van der Waals surface area contributed by atoms with Crippen LogP contribution >= 0.6 is 0 Å². The van der Waals surface area contributed by atoms with Gasteiger partial charge in [0, 0.05) is 10.6 Å². The predicted octanol–water partition coefficient (Wildman–Crippen LogP) is 1.71. The van der Waals surface area contributed by atoms with Gasteiger partial charge in [-0.1, -0.05) is 12.1 Å². The predicted molar refractivity (Wildman–Crippen MR) is 63.4 cm³/mol. The van der Waals surface area contributed by atoms with Gasteiger partial charge in [0.25, 0.3) is 0 Å². The minimum absolute atomic E-state index is 0.589. The van der Waals surface area contributed by atoms with Crippen LogP contribution in [0.5, 0.6) is 0 Å². The number of benzene rings is 1. The van der Waals surface area contributed by atoms with Crippen molar-refractivity contribution in [3.8, 4) is 0 Å². The molecule has 2 unspecified atom stereocenters. The van der Waals surface area contributed by atoms with Gasteiger partial charge in [0.15, 0.2) is 0 Å². The normalized spacial score (nSPS) is 22.9. The lowest BCUT2D eigenvalue weighted by Gasteiger charge is -2.08. The zero-order chi connectivity index (χ0) is 10.7. The molecule has 0 spiro atoms. The highest BCUT2D eigenvalue weighted by molar-refractivity contribution is 7.85. The summed E-state index contributed by atoms with van der Waals surface area (Å²) in [7, 11) is -0.824. The molecule has 0 amide bonds. The Hall–Kier alpha value is -0.670. The summed E-state index contributed by atoms with van der Waals surface area (Å²) < 4.78 is 12.0. The topological polar surface area (TPSA) is 29.1 Å². The molecule has 15 heavy (non-hydrogen) atoms. The summed E-state index contributed by atoms with van der Waals surface area (Å²) >= 11 is 0. The highest BCUT2D eigenvalue weighted by Gasteiger charge is 2.17. The summed E-state index contributed by atoms with van der Waals surface area (Å²) in [6.45, 7) is 4.14. The standard InChI is InChI=1S/C12H17NOS/c1-10-3-2-4-12(7-10)15(14)9-11-5-6-13-8-11/h2-4,7,11,13H,5-6,8-9H2,1H3. The Labute approximate surface area is 93.5 Å². The monoisotopic (exact) mass is 223 g/mol. The maximum atomic E-state index is 12.0. The van der Waals surface area contributed by atoms with E-state index in [4.69, 9.17) is 0 Å². The van der Waals surface area contributed by atoms with E-state index in [9.17, 15) is 4.21 Å². The first-order valence-corrected chi connectivity index (χ1v) is 6.73. The molecular weight excluding hydrogens is 206 g/mol. The Balaban J connectivity index is 2.01. The van der Waals surface area contributed by atoms with Gasteiger partial charge in [-0.05, 0) is 50.0 Å². The largest absolute Gasteiger partial charge is 0.316 e. The lowest BCUT2D eigenvalue weighted by atomic mass is 10.2. The van der Waals surface area contributed by atoms with E-state index in [1.165, 1.54) is 5.56 Å². The maximum Gasteiger partial charge on any atom is 0.0532 e. The fourth-order valence-corrected chi connectivity index (χ4v) is 3.38. The van der Waals surface area contributed by atoms with E-state index in [1.807, 2.05) is 31.2 Å². The second-order valence-electron chi connectivity index (χ2n) is 4.19. The van der Waals surface area contributed by atoms with Crippen molar-refractivity contribution >= 4 is 10.8 Å². The van der Waals surface area contributed by atoms with Crippen molar-refractivity contribution in [2.75, 3.05) is 18.8 Å². The number of hydrogen-bond acceptors (Lipinski definition) is 2. The molecule has 1 fully saturated rings. The third-order valence-corrected chi connectivity index (χ3v) is 4.36. The molecule has 82 valence electrons. The molecule has 0 saturated carbocycles. The molecule has 1 aromatic carbocycles. The minimum atomic E-state index is -0.824. The van der Waals surface area contributed by atoms with Crippen LogP contribution in [0.3, 0.4) is 0 Å². The van der Waals surface area contributed by atoms with Gasteiger partial charge in [0.2, 0.25) is 0 Å². The van der Waals surface area contributed by atoms with Crippen LogP contribution in [0.1, 0.15) is 12.0 Å². The van der Waals surface area contributed by atoms with E-state index in [1.54, 1.807) is 0 Å². The average molecular weight is 223 g/mol. The zero-order valence-electron chi connectivity index (χ0n) is 9.03. The third-order valence-electron chi connectivity index (χ3n) is 2.80. The maximum absolute atomic E-state index is 12.0. The van der Waals surface area contributed by atoms with Crippen molar-refractivity contribution in [3.05, 3.63) is 29.8 Å². The van der Waals surface area contributed by atoms with Crippen LogP contribution in [0.4, 0.5) is 0 Å². The number of hydrogen-bond donors (Lipinski definition) is 1. The molecular formula is C12H17NOS. The third kappa shape index (κ3) is 2.89. The Morgan fingerprint density at radius 1 is 1.53 bits per heavy atom. The lowest BCUT2D eigenvalue weighted by Crippen LogP contribution is -2.15. The quantitative estimate of drug-likeness (QED) is 0.845. The zero-order valence-corrected chi connectivity index (χ0v) is 9.85. The molecule has 0 radical (unpaired) electrons. The highest BCUT2D eigenvalue weighted by atomic mass is 32.2. The smallest absolute Gasteiger partial charge is 0.0532 e. The Kier molecular flexibility index (Phi) is 3.54. The van der Waals surface area contributed by atoms with Gasteiger partial charge in [0.05, 0.1) is 10.8 Å². The van der Waals surface area contributed by atoms with Crippen molar-refractivity contribution in [1.29, 1.82) is 0 Å². The minimum Gasteiger partial charge on any atom is -0.316 e. The summed E-state index contributed by atoms with van der Waals surface area (Å²) in [5, 5.41) is 3.31. The first-order valence-electron chi connectivity index (χ1n) is 5.41. The molecule has 1 aromatic rings. The van der Waals surface area contributed by atoms with Crippen LogP contribution in [-0.2, 0) is 10.8 Å². The molecule has 2 nitrogen and oxygen atoms in total. The molecule has 0 bridgehead atoms. The summed E-state index contributed by atoms with van der Waals surface area (Å²) in [5.41, 5.74) is 1.19. The second kappa shape index (κ2) is 4.90. The van der Waals surface area contributed by atoms with Crippen molar-refractivity contribution in [2.45, 2.75) is 18.2 Å². The van der Waals surface area contributed by atoms with Gasteiger partial charge in [-0.3, -0.25) is 4.21 Å². The SMILES string of the molecule is Cc1cccc(S(=O)CC2CCNC2)c1. The van der Waals surface area contributed by atoms with E-state index in [0.717, 1.165) is 30.2 Å². The van der Waals surface area contributed by atoms with E-state index < -0.39 is 10.8 Å². The van der Waals surface area contributed by atoms with Crippen LogP contribution in [0, 0.1) is 12.8 Å². The van der Waals surface area contributed by atoms with Crippen LogP contribution in [-0.4, -0.2) is 23.1 Å². The summed E-state index contributed by atoms with van der Waals surface area (Å²) in [4.78, 5) is 0.974. The van der Waals surface area contributed by atoms with E-state index in [-0.39, 0.29) is 0 Å². The van der Waals surface area contributed by atoms with Crippen LogP contribution in [0.25, 0.3) is 0 Å². The Bertz CT molecular complexity index is 358. The van der Waals surface area contributed by atoms with Crippen LogP contribution in [0.2, 0.25) is 0 Å². The van der Waals surface area contributed by atoms with Crippen molar-refractivity contribution < 1.29 is 4.21 Å². The van der Waals surface area contributed by atoms with Crippen molar-refractivity contribution in [3.63, 3.8) is 0 Å². The lowest BCUT2D eigenvalue weighted by molar-refractivity contribution is 0.633. The molecule has 1 heterocycles. The first kappa shape index (κ1) is 10.8. The van der Waals surface area contributed by atoms with Gasteiger partial charge < -0.3 is 5.32 Å². The average Bonchev–Trinajstić information content (AvgIpc) is 2.70. The van der Waals surface area contributed by atoms with Crippen LogP contribution < -0.4 is 5.32 Å². The molecule has 3 heteroatoms. The fourth-order valence-electron chi connectivity index (χ4n) is 1.92. The van der Waals surface area contributed by atoms with E-state index >= 15 is 0 Å². The first-order chi connectivity index (χ1) is 7.25. The Morgan fingerprint density at radius 2 is 2.40 bits per heavy atom. The van der Waals surface area contributed by atoms with Crippen LogP contribution in [0.15, 0.2) is 29.2 Å². The molecule has 0 aromatic heterocycles. The number of aryl methyl sites for hydroxylation is 1. The van der Waals surface area contributed by atoms with Crippen molar-refractivity contribution in [2.24, 2.45) is 5.92 Å². The number of nitrogens with one attached hydrogen (secondary N) is 1. The molecule has 2 atom stereocenters. The molecule has 0 aliphatic carbocycles. The summed E-state index contributed by atoms with van der Waals surface area (Å²) in [6.07, 6.45) is 1.16. The van der Waals surface area contributed by atoms with Crippen molar-refractivity contribution in [1.82, 2.24) is 5.32 Å². The van der Waals surface area contributed by atoms with Gasteiger partial charge in [-0.2, -0.15) is 0 Å². The van der Waals surface area contributed by atoms with Gasteiger partial charge in [-0.15, -0.1) is 0 Å². The summed E-state index contributed by atoms with van der Waals surface area (Å²) in [6, 6.07) is 8.01. The molecule has 1 aliphatic rings.